The van der Waals surface area contributed by atoms with E-state index in [1.807, 2.05) is 12.2 Å². The minimum Gasteiger partial charge on any atom is -0.390 e. The summed E-state index contributed by atoms with van der Waals surface area (Å²) in [5, 5.41) is 10.5. The maximum atomic E-state index is 12.4. The minimum absolute atomic E-state index is 0.0580. The lowest BCUT2D eigenvalue weighted by Crippen LogP contribution is -2.42. The van der Waals surface area contributed by atoms with E-state index in [1.165, 1.54) is 5.57 Å². The molecule has 25 heavy (non-hydrogen) atoms. The largest absolute Gasteiger partial charge is 0.390 e. The van der Waals surface area contributed by atoms with Crippen LogP contribution in [0.1, 0.15) is 25.7 Å². The number of nitrogens with zero attached hydrogens (tertiary/aromatic N) is 2. The molecule has 2 aliphatic rings. The average Bonchev–Trinajstić information content (AvgIpc) is 2.93. The number of β-amino-alcohol motifs (C(OH)–C–C–N with tert-alkyl or cyclic N) is 1. The zero-order chi connectivity index (χ0) is 18.2. The lowest BCUT2D eigenvalue weighted by molar-refractivity contribution is -0.126. The summed E-state index contributed by atoms with van der Waals surface area (Å²) in [6, 6.07) is 0. The number of rotatable bonds is 11. The van der Waals surface area contributed by atoms with E-state index >= 15 is 0 Å². The second kappa shape index (κ2) is 9.54. The normalized spacial score (nSPS) is 17.8. The Bertz CT molecular complexity index is 589. The van der Waals surface area contributed by atoms with Gasteiger partial charge in [0.2, 0.25) is 0 Å². The Kier molecular flexibility index (Phi) is 7.41. The van der Waals surface area contributed by atoms with Crippen LogP contribution >= 0.6 is 0 Å². The molecule has 1 aliphatic heterocycles. The molecule has 0 bridgehead atoms. The van der Waals surface area contributed by atoms with Crippen molar-refractivity contribution in [3.8, 4) is 0 Å². The van der Waals surface area contributed by atoms with Gasteiger partial charge >= 0.3 is 0 Å². The van der Waals surface area contributed by atoms with Gasteiger partial charge in [-0.3, -0.25) is 4.79 Å². The van der Waals surface area contributed by atoms with Crippen LogP contribution in [-0.2, 0) is 4.79 Å². The lowest BCUT2D eigenvalue weighted by atomic mass is 10.0. The summed E-state index contributed by atoms with van der Waals surface area (Å²) >= 11 is 0. The van der Waals surface area contributed by atoms with Crippen LogP contribution in [0, 0.1) is 0 Å². The van der Waals surface area contributed by atoms with E-state index in [1.54, 1.807) is 11.0 Å². The van der Waals surface area contributed by atoms with Crippen LogP contribution in [0.25, 0.3) is 0 Å². The molecule has 1 aliphatic carbocycles. The molecule has 0 aromatic rings. The van der Waals surface area contributed by atoms with E-state index in [-0.39, 0.29) is 5.91 Å². The molecule has 0 saturated carbocycles. The van der Waals surface area contributed by atoms with Crippen molar-refractivity contribution in [3.63, 3.8) is 0 Å². The molecule has 1 heterocycles. The fraction of sp³-hybridized carbons (Fsp3) is 0.476. The molecule has 4 nitrogen and oxygen atoms in total. The molecule has 0 fully saturated rings. The number of hydrogen-bond donors (Lipinski definition) is 1. The Morgan fingerprint density at radius 3 is 2.88 bits per heavy atom. The van der Waals surface area contributed by atoms with E-state index in [0.29, 0.717) is 19.6 Å². The summed E-state index contributed by atoms with van der Waals surface area (Å²) in [7, 11) is 0. The second-order valence-corrected chi connectivity index (χ2v) is 6.79. The third-order valence-corrected chi connectivity index (χ3v) is 4.76. The van der Waals surface area contributed by atoms with Crippen LogP contribution in [0.15, 0.2) is 60.8 Å². The zero-order valence-corrected chi connectivity index (χ0v) is 15.1. The van der Waals surface area contributed by atoms with Gasteiger partial charge in [0.05, 0.1) is 6.10 Å². The molecule has 2 rings (SSSR count). The summed E-state index contributed by atoms with van der Waals surface area (Å²) in [5.74, 6) is 0.0580. The average molecular weight is 342 g/mol. The van der Waals surface area contributed by atoms with Gasteiger partial charge in [0.25, 0.3) is 5.91 Å². The van der Waals surface area contributed by atoms with Crippen molar-refractivity contribution in [2.24, 2.45) is 0 Å². The van der Waals surface area contributed by atoms with Gasteiger partial charge in [-0.05, 0) is 31.3 Å². The number of carbonyl (C=O) groups excluding carboxylic acids is 1. The van der Waals surface area contributed by atoms with Crippen LogP contribution in [0.2, 0.25) is 0 Å². The van der Waals surface area contributed by atoms with Crippen molar-refractivity contribution in [2.75, 3.05) is 32.7 Å². The highest BCUT2D eigenvalue weighted by Gasteiger charge is 2.30. The van der Waals surface area contributed by atoms with Crippen LogP contribution in [0.4, 0.5) is 0 Å². The van der Waals surface area contributed by atoms with Crippen molar-refractivity contribution >= 4 is 5.91 Å². The van der Waals surface area contributed by atoms with Gasteiger partial charge in [-0.15, -0.1) is 6.58 Å². The molecule has 1 atom stereocenters. The molecule has 1 N–H and O–H groups in total. The van der Waals surface area contributed by atoms with E-state index in [4.69, 9.17) is 0 Å². The monoisotopic (exact) mass is 342 g/mol. The number of hydrogen-bond acceptors (Lipinski definition) is 3. The molecule has 0 radical (unpaired) electrons. The fourth-order valence-electron chi connectivity index (χ4n) is 3.30. The van der Waals surface area contributed by atoms with E-state index in [0.717, 1.165) is 49.9 Å². The van der Waals surface area contributed by atoms with Gasteiger partial charge in [0, 0.05) is 38.3 Å². The Morgan fingerprint density at radius 2 is 2.20 bits per heavy atom. The first-order chi connectivity index (χ1) is 12.0. The van der Waals surface area contributed by atoms with Crippen LogP contribution < -0.4 is 0 Å². The van der Waals surface area contributed by atoms with Crippen molar-refractivity contribution in [2.45, 2.75) is 31.8 Å². The fourth-order valence-corrected chi connectivity index (χ4v) is 3.30. The first-order valence-corrected chi connectivity index (χ1v) is 9.04. The number of allylic oxidation sites excluding steroid dienone is 2. The number of carbonyl (C=O) groups is 1. The lowest BCUT2D eigenvalue weighted by Gasteiger charge is -2.27. The Labute approximate surface area is 151 Å². The van der Waals surface area contributed by atoms with Gasteiger partial charge in [0.1, 0.15) is 0 Å². The Morgan fingerprint density at radius 1 is 1.40 bits per heavy atom. The van der Waals surface area contributed by atoms with E-state index in [2.05, 4.69) is 30.7 Å². The molecule has 0 spiro atoms. The smallest absolute Gasteiger partial charge is 0.254 e. The molecular formula is C21H30N2O2. The first kappa shape index (κ1) is 19.4. The van der Waals surface area contributed by atoms with Crippen molar-refractivity contribution in [1.82, 2.24) is 9.80 Å². The number of aliphatic hydroxyl groups is 1. The quantitative estimate of drug-likeness (QED) is 0.464. The van der Waals surface area contributed by atoms with Gasteiger partial charge in [-0.25, -0.2) is 0 Å². The van der Waals surface area contributed by atoms with Gasteiger partial charge in [0.15, 0.2) is 0 Å². The third-order valence-electron chi connectivity index (χ3n) is 4.76. The summed E-state index contributed by atoms with van der Waals surface area (Å²) in [6.45, 7) is 14.7. The van der Waals surface area contributed by atoms with Gasteiger partial charge in [-0.1, -0.05) is 43.0 Å². The van der Waals surface area contributed by atoms with E-state index < -0.39 is 6.10 Å². The molecule has 136 valence electrons. The Balaban J connectivity index is 1.85. The summed E-state index contributed by atoms with van der Waals surface area (Å²) in [6.07, 6.45) is 10.8. The maximum Gasteiger partial charge on any atom is 0.254 e. The predicted octanol–water partition coefficient (Wildman–Crippen LogP) is 2.85. The second-order valence-electron chi connectivity index (χ2n) is 6.79. The van der Waals surface area contributed by atoms with Crippen LogP contribution in [-0.4, -0.2) is 59.6 Å². The summed E-state index contributed by atoms with van der Waals surface area (Å²) in [4.78, 5) is 16.4. The standard InChI is InChI=1S/C21H30N2O2/c1-4-6-12-22(13-11-17(3)5-2)15-19(24)16-23-14-18-9-7-8-10-20(18)21(23)25/h4-5,8,10,19,24H,1-3,6-7,9,11-16H2. The molecule has 1 unspecified atom stereocenters. The predicted molar refractivity (Wildman–Crippen MR) is 103 cm³/mol. The molecule has 1 amide bonds. The minimum atomic E-state index is -0.559. The van der Waals surface area contributed by atoms with E-state index in [9.17, 15) is 9.90 Å². The van der Waals surface area contributed by atoms with Crippen molar-refractivity contribution < 1.29 is 9.90 Å². The molecular weight excluding hydrogens is 312 g/mol. The topological polar surface area (TPSA) is 43.8 Å². The molecule has 0 saturated heterocycles. The third kappa shape index (κ3) is 5.55. The Hall–Kier alpha value is -1.91. The molecule has 0 aromatic carbocycles. The molecule has 4 heteroatoms. The van der Waals surface area contributed by atoms with Gasteiger partial charge < -0.3 is 14.9 Å². The highest BCUT2D eigenvalue weighted by Crippen LogP contribution is 2.27. The number of amides is 1. The first-order valence-electron chi connectivity index (χ1n) is 9.04. The highest BCUT2D eigenvalue weighted by molar-refractivity contribution is 6.00. The van der Waals surface area contributed by atoms with Gasteiger partial charge in [-0.2, -0.15) is 0 Å². The number of aliphatic hydroxyl groups excluding tert-OH is 1. The zero-order valence-electron chi connectivity index (χ0n) is 15.1. The maximum absolute atomic E-state index is 12.4. The summed E-state index contributed by atoms with van der Waals surface area (Å²) < 4.78 is 0. The highest BCUT2D eigenvalue weighted by atomic mass is 16.3. The molecule has 0 aromatic heterocycles. The van der Waals surface area contributed by atoms with Crippen molar-refractivity contribution in [3.05, 3.63) is 60.8 Å². The SMILES string of the molecule is C=CCCN(CCC(=C)C=C)CC(O)CN1CC2=C(C=CCC2)C1=O. The summed E-state index contributed by atoms with van der Waals surface area (Å²) in [5.41, 5.74) is 3.05. The van der Waals surface area contributed by atoms with Crippen molar-refractivity contribution in [1.29, 1.82) is 0 Å². The van der Waals surface area contributed by atoms with Crippen LogP contribution in [0.3, 0.4) is 0 Å². The van der Waals surface area contributed by atoms with Crippen LogP contribution in [0.5, 0.6) is 0 Å².